The zero-order valence-electron chi connectivity index (χ0n) is 11.3. The van der Waals surface area contributed by atoms with E-state index in [0.29, 0.717) is 23.8 Å². The molecule has 0 aromatic rings. The summed E-state index contributed by atoms with van der Waals surface area (Å²) in [4.78, 5) is 12.1. The van der Waals surface area contributed by atoms with Crippen molar-refractivity contribution in [3.05, 3.63) is 0 Å². The third kappa shape index (κ3) is 4.25. The summed E-state index contributed by atoms with van der Waals surface area (Å²) in [6.45, 7) is 0. The first-order chi connectivity index (χ1) is 8.79. The maximum absolute atomic E-state index is 12.1. The largest absolute Gasteiger partial charge is 0.353 e. The fourth-order valence-corrected chi connectivity index (χ4v) is 4.28. The summed E-state index contributed by atoms with van der Waals surface area (Å²) in [5, 5.41) is 4.33. The van der Waals surface area contributed by atoms with Gasteiger partial charge in [0.15, 0.2) is 0 Å². The summed E-state index contributed by atoms with van der Waals surface area (Å²) >= 11 is 3.59. The molecule has 2 nitrogen and oxygen atoms in total. The van der Waals surface area contributed by atoms with Gasteiger partial charge in [0.25, 0.3) is 0 Å². The third-order valence-electron chi connectivity index (χ3n) is 4.65. The Balaban J connectivity index is 1.75. The molecule has 2 unspecified atom stereocenters. The molecule has 0 radical (unpaired) electrons. The standard InChI is InChI=1S/C15H26BrNO/c16-11-13-8-4-5-9-14(13)17-15(18)10-12-6-2-1-3-7-12/h12-14H,1-11H2,(H,17,18). The van der Waals surface area contributed by atoms with E-state index < -0.39 is 0 Å². The van der Waals surface area contributed by atoms with Gasteiger partial charge in [0.1, 0.15) is 0 Å². The molecular weight excluding hydrogens is 290 g/mol. The second kappa shape index (κ2) is 7.52. The lowest BCUT2D eigenvalue weighted by Crippen LogP contribution is -2.43. The van der Waals surface area contributed by atoms with Crippen molar-refractivity contribution in [1.82, 2.24) is 5.32 Å². The van der Waals surface area contributed by atoms with Gasteiger partial charge in [-0.2, -0.15) is 0 Å². The number of amides is 1. The highest BCUT2D eigenvalue weighted by atomic mass is 79.9. The Hall–Kier alpha value is -0.0500. The minimum Gasteiger partial charge on any atom is -0.353 e. The van der Waals surface area contributed by atoms with E-state index in [2.05, 4.69) is 21.2 Å². The topological polar surface area (TPSA) is 29.1 Å². The van der Waals surface area contributed by atoms with Gasteiger partial charge in [-0.3, -0.25) is 4.79 Å². The van der Waals surface area contributed by atoms with Crippen molar-refractivity contribution in [2.45, 2.75) is 70.3 Å². The van der Waals surface area contributed by atoms with E-state index >= 15 is 0 Å². The Labute approximate surface area is 119 Å². The molecule has 0 heterocycles. The van der Waals surface area contributed by atoms with Crippen molar-refractivity contribution in [2.75, 3.05) is 5.33 Å². The lowest BCUT2D eigenvalue weighted by molar-refractivity contribution is -0.123. The third-order valence-corrected chi connectivity index (χ3v) is 5.48. The molecule has 3 heteroatoms. The van der Waals surface area contributed by atoms with Crippen LogP contribution in [0.25, 0.3) is 0 Å². The second-order valence-electron chi connectivity index (χ2n) is 6.08. The van der Waals surface area contributed by atoms with Crippen LogP contribution in [0.15, 0.2) is 0 Å². The number of hydrogen-bond donors (Lipinski definition) is 1. The molecule has 2 fully saturated rings. The average molecular weight is 316 g/mol. The maximum atomic E-state index is 12.1. The van der Waals surface area contributed by atoms with Crippen molar-refractivity contribution in [3.8, 4) is 0 Å². The van der Waals surface area contributed by atoms with Gasteiger partial charge in [-0.15, -0.1) is 0 Å². The minimum absolute atomic E-state index is 0.305. The van der Waals surface area contributed by atoms with E-state index in [1.807, 2.05) is 0 Å². The molecule has 0 bridgehead atoms. The Morgan fingerprint density at radius 2 is 1.67 bits per heavy atom. The van der Waals surface area contributed by atoms with E-state index in [4.69, 9.17) is 0 Å². The molecule has 2 aliphatic rings. The molecule has 18 heavy (non-hydrogen) atoms. The quantitative estimate of drug-likeness (QED) is 0.780. The van der Waals surface area contributed by atoms with Crippen LogP contribution in [0.2, 0.25) is 0 Å². The number of nitrogens with one attached hydrogen (secondary N) is 1. The molecule has 2 atom stereocenters. The zero-order valence-corrected chi connectivity index (χ0v) is 12.9. The lowest BCUT2D eigenvalue weighted by Gasteiger charge is -2.31. The van der Waals surface area contributed by atoms with Gasteiger partial charge in [-0.1, -0.05) is 48.0 Å². The molecule has 2 aliphatic carbocycles. The first kappa shape index (κ1) is 14.4. The lowest BCUT2D eigenvalue weighted by atomic mass is 9.84. The van der Waals surface area contributed by atoms with Gasteiger partial charge in [-0.25, -0.2) is 0 Å². The van der Waals surface area contributed by atoms with Gasteiger partial charge in [-0.05, 0) is 37.5 Å². The Kier molecular flexibility index (Phi) is 6.00. The van der Waals surface area contributed by atoms with Crippen molar-refractivity contribution < 1.29 is 4.79 Å². The number of hydrogen-bond acceptors (Lipinski definition) is 1. The monoisotopic (exact) mass is 315 g/mol. The molecule has 0 aromatic carbocycles. The Bertz CT molecular complexity index is 263. The van der Waals surface area contributed by atoms with Crippen LogP contribution in [0.5, 0.6) is 0 Å². The van der Waals surface area contributed by atoms with Crippen LogP contribution in [0.4, 0.5) is 0 Å². The van der Waals surface area contributed by atoms with Gasteiger partial charge < -0.3 is 5.32 Å². The van der Waals surface area contributed by atoms with E-state index in [0.717, 1.165) is 11.8 Å². The highest BCUT2D eigenvalue weighted by molar-refractivity contribution is 9.09. The highest BCUT2D eigenvalue weighted by Gasteiger charge is 2.26. The molecule has 0 spiro atoms. The van der Waals surface area contributed by atoms with Crippen molar-refractivity contribution in [1.29, 1.82) is 0 Å². The maximum Gasteiger partial charge on any atom is 0.220 e. The van der Waals surface area contributed by atoms with Gasteiger partial charge >= 0.3 is 0 Å². The SMILES string of the molecule is O=C(CC1CCCCC1)NC1CCCCC1CBr. The fraction of sp³-hybridized carbons (Fsp3) is 0.933. The van der Waals surface area contributed by atoms with Crippen molar-refractivity contribution >= 4 is 21.8 Å². The molecule has 2 saturated carbocycles. The van der Waals surface area contributed by atoms with Crippen molar-refractivity contribution in [2.24, 2.45) is 11.8 Å². The number of carbonyl (C=O) groups excluding carboxylic acids is 1. The van der Waals surface area contributed by atoms with Crippen LogP contribution in [-0.2, 0) is 4.79 Å². The summed E-state index contributed by atoms with van der Waals surface area (Å²) in [6, 6.07) is 0.425. The van der Waals surface area contributed by atoms with Gasteiger partial charge in [0.05, 0.1) is 0 Å². The van der Waals surface area contributed by atoms with Crippen LogP contribution >= 0.6 is 15.9 Å². The number of rotatable bonds is 4. The van der Waals surface area contributed by atoms with E-state index in [1.165, 1.54) is 57.8 Å². The number of carbonyl (C=O) groups is 1. The molecule has 2 rings (SSSR count). The van der Waals surface area contributed by atoms with E-state index in [-0.39, 0.29) is 0 Å². The minimum atomic E-state index is 0.305. The average Bonchev–Trinajstić information content (AvgIpc) is 2.40. The first-order valence-electron chi connectivity index (χ1n) is 7.65. The van der Waals surface area contributed by atoms with Crippen LogP contribution in [0, 0.1) is 11.8 Å². The van der Waals surface area contributed by atoms with Crippen LogP contribution in [0.3, 0.4) is 0 Å². The fourth-order valence-electron chi connectivity index (χ4n) is 3.50. The number of halogens is 1. The molecule has 1 N–H and O–H groups in total. The first-order valence-corrected chi connectivity index (χ1v) is 8.77. The van der Waals surface area contributed by atoms with Crippen molar-refractivity contribution in [3.63, 3.8) is 0 Å². The summed E-state index contributed by atoms with van der Waals surface area (Å²) in [5.41, 5.74) is 0. The molecule has 104 valence electrons. The summed E-state index contributed by atoms with van der Waals surface area (Å²) in [6.07, 6.45) is 12.4. The smallest absolute Gasteiger partial charge is 0.220 e. The highest BCUT2D eigenvalue weighted by Crippen LogP contribution is 2.28. The van der Waals surface area contributed by atoms with E-state index in [1.54, 1.807) is 0 Å². The Morgan fingerprint density at radius 1 is 1.00 bits per heavy atom. The van der Waals surface area contributed by atoms with Crippen LogP contribution < -0.4 is 5.32 Å². The zero-order chi connectivity index (χ0) is 12.8. The molecular formula is C15H26BrNO. The molecule has 0 aliphatic heterocycles. The van der Waals surface area contributed by atoms with Gasteiger partial charge in [0.2, 0.25) is 5.91 Å². The van der Waals surface area contributed by atoms with Crippen LogP contribution in [-0.4, -0.2) is 17.3 Å². The molecule has 1 amide bonds. The summed E-state index contributed by atoms with van der Waals surface area (Å²) in [5.74, 6) is 1.61. The van der Waals surface area contributed by atoms with E-state index in [9.17, 15) is 4.79 Å². The Morgan fingerprint density at radius 3 is 2.39 bits per heavy atom. The molecule has 0 aromatic heterocycles. The summed E-state index contributed by atoms with van der Waals surface area (Å²) < 4.78 is 0. The molecule has 0 saturated heterocycles. The predicted octanol–water partition coefficient (Wildman–Crippen LogP) is 4.03. The van der Waals surface area contributed by atoms with Gasteiger partial charge in [0, 0.05) is 17.8 Å². The normalized spacial score (nSPS) is 30.1. The van der Waals surface area contributed by atoms with Crippen LogP contribution in [0.1, 0.15) is 64.2 Å². The predicted molar refractivity (Wildman–Crippen MR) is 78.9 cm³/mol. The summed E-state index contributed by atoms with van der Waals surface area (Å²) in [7, 11) is 0. The second-order valence-corrected chi connectivity index (χ2v) is 6.73. The number of alkyl halides is 1.